The van der Waals surface area contributed by atoms with Crippen LogP contribution in [0.2, 0.25) is 0 Å². The minimum absolute atomic E-state index is 0. The maximum atomic E-state index is 11.7. The van der Waals surface area contributed by atoms with Crippen LogP contribution in [-0.4, -0.2) is 4.57 Å². The lowest BCUT2D eigenvalue weighted by Gasteiger charge is -2.04. The summed E-state index contributed by atoms with van der Waals surface area (Å²) in [7, 11) is 0. The van der Waals surface area contributed by atoms with Gasteiger partial charge in [-0.1, -0.05) is 6.07 Å². The second-order valence-corrected chi connectivity index (χ2v) is 3.75. The van der Waals surface area contributed by atoms with E-state index in [9.17, 15) is 4.79 Å². The van der Waals surface area contributed by atoms with Crippen LogP contribution in [0.15, 0.2) is 23.0 Å². The number of pyridine rings is 1. The van der Waals surface area contributed by atoms with Gasteiger partial charge in [0, 0.05) is 11.5 Å². The molecule has 0 fully saturated rings. The fourth-order valence-corrected chi connectivity index (χ4v) is 2.03. The van der Waals surface area contributed by atoms with Crippen LogP contribution in [0.1, 0.15) is 5.56 Å². The van der Waals surface area contributed by atoms with E-state index in [4.69, 9.17) is 10.5 Å². The first-order chi connectivity index (χ1) is 7.18. The first-order valence-electron chi connectivity index (χ1n) is 4.74. The summed E-state index contributed by atoms with van der Waals surface area (Å²) >= 11 is 0. The van der Waals surface area contributed by atoms with Crippen molar-refractivity contribution in [2.24, 2.45) is 0 Å². The molecule has 1 aliphatic heterocycles. The van der Waals surface area contributed by atoms with Crippen LogP contribution in [-0.2, 0) is 6.73 Å². The van der Waals surface area contributed by atoms with Gasteiger partial charge in [0.1, 0.15) is 0 Å². The number of hydrogen-bond acceptors (Lipinski definition) is 3. The summed E-state index contributed by atoms with van der Waals surface area (Å²) in [5, 5.41) is 1.02. The minimum atomic E-state index is -0.0376. The fourth-order valence-electron chi connectivity index (χ4n) is 2.03. The normalized spacial score (nSPS) is 12.3. The second kappa shape index (κ2) is 3.42. The van der Waals surface area contributed by atoms with Crippen LogP contribution in [0.4, 0.5) is 5.69 Å². The van der Waals surface area contributed by atoms with Crippen molar-refractivity contribution in [3.63, 3.8) is 0 Å². The molecule has 2 heterocycles. The van der Waals surface area contributed by atoms with Crippen LogP contribution < -0.4 is 16.0 Å². The van der Waals surface area contributed by atoms with Crippen molar-refractivity contribution in [1.82, 2.24) is 4.57 Å². The third-order valence-corrected chi connectivity index (χ3v) is 2.80. The van der Waals surface area contributed by atoms with E-state index in [1.165, 1.54) is 0 Å². The van der Waals surface area contributed by atoms with E-state index in [1.807, 2.05) is 19.1 Å². The number of nitrogens with two attached hydrogens (primary N) is 1. The molecule has 0 amide bonds. The van der Waals surface area contributed by atoms with E-state index in [-0.39, 0.29) is 24.7 Å². The monoisotopic (exact) mass is 238 g/mol. The van der Waals surface area contributed by atoms with Gasteiger partial charge < -0.3 is 10.5 Å². The van der Waals surface area contributed by atoms with Gasteiger partial charge >= 0.3 is 0 Å². The van der Waals surface area contributed by atoms with Crippen LogP contribution in [0.5, 0.6) is 5.75 Å². The quantitative estimate of drug-likeness (QED) is 0.711. The smallest absolute Gasteiger partial charge is 0.254 e. The highest BCUT2D eigenvalue weighted by atomic mass is 35.5. The number of halogens is 1. The summed E-state index contributed by atoms with van der Waals surface area (Å²) in [6.45, 7) is 2.18. The van der Waals surface area contributed by atoms with Crippen molar-refractivity contribution in [2.45, 2.75) is 13.7 Å². The van der Waals surface area contributed by atoms with Crippen molar-refractivity contribution in [2.75, 3.05) is 5.73 Å². The van der Waals surface area contributed by atoms with Gasteiger partial charge in [-0.15, -0.1) is 12.4 Å². The van der Waals surface area contributed by atoms with Gasteiger partial charge in [-0.2, -0.15) is 0 Å². The second-order valence-electron chi connectivity index (χ2n) is 3.75. The van der Waals surface area contributed by atoms with Gasteiger partial charge in [-0.25, -0.2) is 0 Å². The highest BCUT2D eigenvalue weighted by Crippen LogP contribution is 2.35. The van der Waals surface area contributed by atoms with Gasteiger partial charge in [0.2, 0.25) is 0 Å². The predicted molar refractivity (Wildman–Crippen MR) is 65.2 cm³/mol. The molecule has 0 saturated heterocycles. The summed E-state index contributed by atoms with van der Waals surface area (Å²) in [4.78, 5) is 11.7. The number of aromatic nitrogens is 1. The van der Waals surface area contributed by atoms with Crippen molar-refractivity contribution < 1.29 is 4.74 Å². The van der Waals surface area contributed by atoms with Crippen molar-refractivity contribution in [1.29, 1.82) is 0 Å². The molecule has 2 aromatic rings. The molecule has 1 aromatic heterocycles. The van der Waals surface area contributed by atoms with Crippen LogP contribution in [0.3, 0.4) is 0 Å². The van der Waals surface area contributed by atoms with Crippen LogP contribution in [0, 0.1) is 6.92 Å². The number of rotatable bonds is 0. The van der Waals surface area contributed by atoms with Crippen molar-refractivity contribution in [3.05, 3.63) is 34.1 Å². The predicted octanol–water partition coefficient (Wildman–Crippen LogP) is 1.66. The minimum Gasteiger partial charge on any atom is -0.468 e. The highest BCUT2D eigenvalue weighted by molar-refractivity contribution is 5.92. The van der Waals surface area contributed by atoms with E-state index in [0.29, 0.717) is 11.4 Å². The summed E-state index contributed by atoms with van der Waals surface area (Å²) < 4.78 is 7.02. The van der Waals surface area contributed by atoms with Gasteiger partial charge in [0.25, 0.3) is 5.56 Å². The Labute approximate surface area is 98.0 Å². The van der Waals surface area contributed by atoms with Gasteiger partial charge in [0.15, 0.2) is 12.5 Å². The van der Waals surface area contributed by atoms with Crippen LogP contribution in [0.25, 0.3) is 10.9 Å². The molecule has 1 aromatic carbocycles. The van der Waals surface area contributed by atoms with E-state index >= 15 is 0 Å². The molecule has 0 aliphatic carbocycles. The zero-order chi connectivity index (χ0) is 10.6. The Balaban J connectivity index is 0.000000963. The number of benzene rings is 1. The average molecular weight is 239 g/mol. The molecule has 1 aliphatic rings. The molecular weight excluding hydrogens is 228 g/mol. The fraction of sp³-hybridized carbons (Fsp3) is 0.182. The number of aryl methyl sites for hydroxylation is 1. The largest absolute Gasteiger partial charge is 0.468 e. The molecule has 0 unspecified atom stereocenters. The van der Waals surface area contributed by atoms with E-state index < -0.39 is 0 Å². The Bertz CT molecular complexity index is 634. The zero-order valence-electron chi connectivity index (χ0n) is 8.69. The lowest BCUT2D eigenvalue weighted by Crippen LogP contribution is -2.18. The third kappa shape index (κ3) is 1.20. The Kier molecular flexibility index (Phi) is 2.31. The Morgan fingerprint density at radius 1 is 1.44 bits per heavy atom. The Morgan fingerprint density at radius 3 is 2.94 bits per heavy atom. The molecule has 0 saturated carbocycles. The third-order valence-electron chi connectivity index (χ3n) is 2.80. The Morgan fingerprint density at radius 2 is 2.19 bits per heavy atom. The maximum Gasteiger partial charge on any atom is 0.254 e. The Hall–Kier alpha value is -1.68. The van der Waals surface area contributed by atoms with E-state index in [2.05, 4.69) is 0 Å². The number of nitrogen functional groups attached to an aromatic ring is 1. The number of anilines is 1. The lowest BCUT2D eigenvalue weighted by molar-refractivity contribution is 0.268. The first kappa shape index (κ1) is 10.8. The summed E-state index contributed by atoms with van der Waals surface area (Å²) in [6.07, 6.45) is 0. The number of ether oxygens (including phenoxy) is 1. The molecule has 84 valence electrons. The number of nitrogens with zero attached hydrogens (tertiary/aromatic N) is 1. The molecule has 0 bridgehead atoms. The van der Waals surface area contributed by atoms with E-state index in [1.54, 1.807) is 10.6 Å². The molecule has 0 radical (unpaired) electrons. The SMILES string of the molecule is Cc1cc(=O)n2c3c(c(N)ccc13)OC2.Cl. The van der Waals surface area contributed by atoms with Crippen molar-refractivity contribution >= 4 is 29.0 Å². The van der Waals surface area contributed by atoms with Gasteiger partial charge in [0.05, 0.1) is 11.2 Å². The highest BCUT2D eigenvalue weighted by Gasteiger charge is 2.19. The lowest BCUT2D eigenvalue weighted by atomic mass is 10.1. The molecule has 4 nitrogen and oxygen atoms in total. The zero-order valence-corrected chi connectivity index (χ0v) is 9.50. The molecular formula is C11H11ClN2O2. The summed E-state index contributed by atoms with van der Waals surface area (Å²) in [5.41, 5.74) is 8.11. The molecule has 0 atom stereocenters. The molecule has 5 heteroatoms. The maximum absolute atomic E-state index is 11.7. The summed E-state index contributed by atoms with van der Waals surface area (Å²) in [5.74, 6) is 0.633. The van der Waals surface area contributed by atoms with Gasteiger partial charge in [-0.05, 0) is 18.6 Å². The first-order valence-corrected chi connectivity index (χ1v) is 4.74. The molecule has 3 rings (SSSR count). The standard InChI is InChI=1S/C11H10N2O2.ClH/c1-6-4-9(14)13-5-15-11-8(12)3-2-7(6)10(11)13;/h2-4H,5,12H2,1H3;1H. The van der Waals surface area contributed by atoms with E-state index in [0.717, 1.165) is 16.5 Å². The van der Waals surface area contributed by atoms with Crippen molar-refractivity contribution in [3.8, 4) is 5.75 Å². The van der Waals surface area contributed by atoms with Crippen LogP contribution >= 0.6 is 12.4 Å². The molecule has 0 spiro atoms. The molecule has 16 heavy (non-hydrogen) atoms. The average Bonchev–Trinajstić information content (AvgIpc) is 2.62. The van der Waals surface area contributed by atoms with Gasteiger partial charge in [-0.3, -0.25) is 9.36 Å². The summed E-state index contributed by atoms with van der Waals surface area (Å²) in [6, 6.07) is 5.36. The number of hydrogen-bond donors (Lipinski definition) is 1. The topological polar surface area (TPSA) is 57.2 Å². The molecule has 2 N–H and O–H groups in total.